The molecule has 0 aliphatic heterocycles. The Morgan fingerprint density at radius 1 is 0.667 bits per heavy atom. The first-order valence-electron chi connectivity index (χ1n) is 13.2. The molecule has 12 heteroatoms. The number of rotatable bonds is 7. The molecule has 0 heterocycles. The van der Waals surface area contributed by atoms with E-state index in [0.717, 1.165) is 18.1 Å². The summed E-state index contributed by atoms with van der Waals surface area (Å²) in [6.45, 7) is 1.88. The monoisotopic (exact) mass is 640 g/mol. The van der Waals surface area contributed by atoms with Crippen LogP contribution in [0.1, 0.15) is 30.0 Å². The summed E-state index contributed by atoms with van der Waals surface area (Å²) >= 11 is 0. The standard InChI is InChI=1S/C33H19F11O/c1-2-3-4-5-16-6-8-17(9-7-16)21-11-10-18-13-22(29(37)31(39)26(18)28(21)36)33(43,44)45-20-12-19-14-24(35)27(32(40,41)42)30(38)25(19)23(34)15-20/h2-3,6-15H,4-5H2,1H3/b3-2+. The van der Waals surface area contributed by atoms with Crippen LogP contribution in [0.15, 0.2) is 72.8 Å². The number of alkyl halides is 5. The van der Waals surface area contributed by atoms with Crippen LogP contribution in [0.4, 0.5) is 48.3 Å². The lowest BCUT2D eigenvalue weighted by atomic mass is 9.96. The topological polar surface area (TPSA) is 9.23 Å². The number of allylic oxidation sites excluding steroid dienone is 2. The second-order valence-electron chi connectivity index (χ2n) is 10.0. The van der Waals surface area contributed by atoms with Gasteiger partial charge < -0.3 is 4.74 Å². The van der Waals surface area contributed by atoms with Crippen LogP contribution in [0.25, 0.3) is 32.7 Å². The van der Waals surface area contributed by atoms with Gasteiger partial charge >= 0.3 is 12.3 Å². The summed E-state index contributed by atoms with van der Waals surface area (Å²) in [6, 6.07) is 9.81. The Labute approximate surface area is 248 Å². The smallest absolute Gasteiger partial charge is 0.429 e. The fraction of sp³-hybridized carbons (Fsp3) is 0.152. The predicted molar refractivity (Wildman–Crippen MR) is 146 cm³/mol. The molecular formula is C33H19F11O. The third-order valence-electron chi connectivity index (χ3n) is 7.12. The molecule has 0 aromatic heterocycles. The Kier molecular flexibility index (Phi) is 8.28. The Morgan fingerprint density at radius 3 is 2.00 bits per heavy atom. The van der Waals surface area contributed by atoms with Crippen molar-refractivity contribution in [3.63, 3.8) is 0 Å². The van der Waals surface area contributed by atoms with Gasteiger partial charge in [0.25, 0.3) is 0 Å². The van der Waals surface area contributed by atoms with Crippen molar-refractivity contribution in [1.29, 1.82) is 0 Å². The Balaban J connectivity index is 1.51. The van der Waals surface area contributed by atoms with E-state index < -0.39 is 85.6 Å². The zero-order valence-corrected chi connectivity index (χ0v) is 22.9. The van der Waals surface area contributed by atoms with Gasteiger partial charge in [-0.1, -0.05) is 48.6 Å². The highest BCUT2D eigenvalue weighted by molar-refractivity contribution is 5.90. The fourth-order valence-electron chi connectivity index (χ4n) is 4.99. The molecule has 0 aliphatic rings. The molecule has 0 aliphatic carbocycles. The minimum atomic E-state index is -5.54. The van der Waals surface area contributed by atoms with Gasteiger partial charge in [0.15, 0.2) is 11.6 Å². The summed E-state index contributed by atoms with van der Waals surface area (Å²) in [5.41, 5.74) is -2.99. The highest BCUT2D eigenvalue weighted by Crippen LogP contribution is 2.42. The van der Waals surface area contributed by atoms with Crippen LogP contribution in [-0.4, -0.2) is 0 Å². The summed E-state index contributed by atoms with van der Waals surface area (Å²) in [4.78, 5) is 0. The number of hydrogen-bond donors (Lipinski definition) is 0. The largest absolute Gasteiger partial charge is 0.429 e. The van der Waals surface area contributed by atoms with E-state index in [-0.39, 0.29) is 17.7 Å². The van der Waals surface area contributed by atoms with E-state index >= 15 is 22.0 Å². The van der Waals surface area contributed by atoms with Gasteiger partial charge in [-0.25, -0.2) is 26.3 Å². The second kappa shape index (κ2) is 11.7. The van der Waals surface area contributed by atoms with Crippen molar-refractivity contribution in [3.8, 4) is 16.9 Å². The first-order chi connectivity index (χ1) is 21.1. The van der Waals surface area contributed by atoms with Crippen LogP contribution < -0.4 is 4.74 Å². The van der Waals surface area contributed by atoms with E-state index in [2.05, 4.69) is 4.74 Å². The molecule has 45 heavy (non-hydrogen) atoms. The molecule has 0 radical (unpaired) electrons. The van der Waals surface area contributed by atoms with Gasteiger partial charge in [0.2, 0.25) is 0 Å². The second-order valence-corrected chi connectivity index (χ2v) is 10.0. The minimum Gasteiger partial charge on any atom is -0.429 e. The van der Waals surface area contributed by atoms with Gasteiger partial charge in [-0.05, 0) is 59.9 Å². The molecule has 0 amide bonds. The number of fused-ring (bicyclic) bond motifs is 2. The van der Waals surface area contributed by atoms with Crippen LogP contribution in [0.5, 0.6) is 5.75 Å². The lowest BCUT2D eigenvalue weighted by molar-refractivity contribution is -0.187. The molecule has 234 valence electrons. The quantitative estimate of drug-likeness (QED) is 0.127. The lowest BCUT2D eigenvalue weighted by Gasteiger charge is -2.21. The summed E-state index contributed by atoms with van der Waals surface area (Å²) < 4.78 is 163. The van der Waals surface area contributed by atoms with E-state index in [1.807, 2.05) is 19.1 Å². The van der Waals surface area contributed by atoms with Crippen LogP contribution >= 0.6 is 0 Å². The molecule has 5 rings (SSSR count). The van der Waals surface area contributed by atoms with Crippen molar-refractivity contribution in [3.05, 3.63) is 124 Å². The summed E-state index contributed by atoms with van der Waals surface area (Å²) in [5.74, 6) is -12.9. The Hall–Kier alpha value is -4.61. The van der Waals surface area contributed by atoms with Gasteiger partial charge in [0.05, 0.1) is 10.8 Å². The molecule has 0 saturated heterocycles. The average molecular weight is 640 g/mol. The summed E-state index contributed by atoms with van der Waals surface area (Å²) in [5, 5.41) is -3.69. The van der Waals surface area contributed by atoms with Crippen molar-refractivity contribution in [2.75, 3.05) is 0 Å². The lowest BCUT2D eigenvalue weighted by Crippen LogP contribution is -2.24. The molecule has 0 saturated carbocycles. The molecule has 5 aromatic rings. The fourth-order valence-corrected chi connectivity index (χ4v) is 4.99. The van der Waals surface area contributed by atoms with E-state index in [1.54, 1.807) is 24.3 Å². The zero-order chi connectivity index (χ0) is 32.8. The summed E-state index contributed by atoms with van der Waals surface area (Å²) in [7, 11) is 0. The van der Waals surface area contributed by atoms with Crippen molar-refractivity contribution < 1.29 is 53.0 Å². The number of ether oxygens (including phenoxy) is 1. The summed E-state index contributed by atoms with van der Waals surface area (Å²) in [6.07, 6.45) is -4.97. The third kappa shape index (κ3) is 5.93. The normalized spacial score (nSPS) is 12.5. The molecule has 1 nitrogen and oxygen atoms in total. The third-order valence-corrected chi connectivity index (χ3v) is 7.12. The highest BCUT2D eigenvalue weighted by atomic mass is 19.4. The Bertz CT molecular complexity index is 1960. The zero-order valence-electron chi connectivity index (χ0n) is 22.9. The number of hydrogen-bond acceptors (Lipinski definition) is 1. The first kappa shape index (κ1) is 31.8. The first-order valence-corrected chi connectivity index (χ1v) is 13.2. The number of halogens is 11. The van der Waals surface area contributed by atoms with Gasteiger partial charge in [-0.15, -0.1) is 0 Å². The van der Waals surface area contributed by atoms with E-state index in [9.17, 15) is 26.3 Å². The minimum absolute atomic E-state index is 0.0588. The molecule has 0 N–H and O–H groups in total. The molecule has 0 fully saturated rings. The predicted octanol–water partition coefficient (Wildman–Crippen LogP) is 11.2. The van der Waals surface area contributed by atoms with Crippen LogP contribution in [0.3, 0.4) is 0 Å². The maximum atomic E-state index is 15.5. The molecule has 0 bridgehead atoms. The van der Waals surface area contributed by atoms with E-state index in [4.69, 9.17) is 0 Å². The molecule has 0 spiro atoms. The van der Waals surface area contributed by atoms with Crippen LogP contribution in [0, 0.1) is 34.9 Å². The molecular weight excluding hydrogens is 621 g/mol. The molecule has 0 unspecified atom stereocenters. The SMILES string of the molecule is C/C=C/CCc1ccc(-c2ccc3cc(C(F)(F)Oc4cc(F)c5c(F)c(C(F)(F)F)c(F)cc5c4)c(F)c(F)c3c2F)cc1. The van der Waals surface area contributed by atoms with E-state index in [0.29, 0.717) is 24.1 Å². The van der Waals surface area contributed by atoms with Gasteiger partial charge in [0.1, 0.15) is 40.1 Å². The average Bonchev–Trinajstić information content (AvgIpc) is 2.94. The molecule has 5 aromatic carbocycles. The number of aryl methyl sites for hydroxylation is 1. The Morgan fingerprint density at radius 2 is 1.36 bits per heavy atom. The highest BCUT2D eigenvalue weighted by Gasteiger charge is 2.42. The van der Waals surface area contributed by atoms with Crippen molar-refractivity contribution in [1.82, 2.24) is 0 Å². The van der Waals surface area contributed by atoms with E-state index in [1.165, 1.54) is 6.07 Å². The molecule has 0 atom stereocenters. The number of benzene rings is 5. The van der Waals surface area contributed by atoms with Gasteiger partial charge in [0, 0.05) is 11.6 Å². The van der Waals surface area contributed by atoms with Gasteiger partial charge in [-0.2, -0.15) is 22.0 Å². The maximum absolute atomic E-state index is 15.5. The maximum Gasteiger partial charge on any atom is 0.429 e. The van der Waals surface area contributed by atoms with Crippen LogP contribution in [0.2, 0.25) is 0 Å². The van der Waals surface area contributed by atoms with Gasteiger partial charge in [-0.3, -0.25) is 0 Å². The van der Waals surface area contributed by atoms with Crippen molar-refractivity contribution in [2.24, 2.45) is 0 Å². The van der Waals surface area contributed by atoms with Crippen molar-refractivity contribution >= 4 is 21.5 Å². The van der Waals surface area contributed by atoms with Crippen molar-refractivity contribution in [2.45, 2.75) is 32.1 Å². The van der Waals surface area contributed by atoms with Crippen LogP contribution in [-0.2, 0) is 18.7 Å².